The first kappa shape index (κ1) is 12.1. The summed E-state index contributed by atoms with van der Waals surface area (Å²) < 4.78 is 6.80. The average molecular weight is 277 g/mol. The Kier molecular flexibility index (Phi) is 5.56. The Balaban J connectivity index is 2.23. The van der Waals surface area contributed by atoms with E-state index < -0.39 is 0 Å². The van der Waals surface area contributed by atoms with Crippen LogP contribution in [0.1, 0.15) is 33.1 Å². The molecule has 0 spiro atoms. The van der Waals surface area contributed by atoms with E-state index in [2.05, 4.69) is 29.8 Å². The highest BCUT2D eigenvalue weighted by Gasteiger charge is 2.05. The highest BCUT2D eigenvalue weighted by molar-refractivity contribution is 9.11. The van der Waals surface area contributed by atoms with Crippen LogP contribution in [-0.2, 0) is 0 Å². The fraction of sp³-hybridized carbons (Fsp3) is 0.636. The fourth-order valence-electron chi connectivity index (χ4n) is 1.25. The van der Waals surface area contributed by atoms with Crippen LogP contribution in [0.5, 0.6) is 5.75 Å². The molecule has 3 heteroatoms. The molecule has 1 unspecified atom stereocenters. The smallest absolute Gasteiger partial charge is 0.144 e. The van der Waals surface area contributed by atoms with Gasteiger partial charge in [0.2, 0.25) is 0 Å². The van der Waals surface area contributed by atoms with Crippen molar-refractivity contribution in [2.45, 2.75) is 33.1 Å². The highest BCUT2D eigenvalue weighted by atomic mass is 79.9. The molecule has 80 valence electrons. The van der Waals surface area contributed by atoms with Crippen LogP contribution in [0.15, 0.2) is 15.2 Å². The van der Waals surface area contributed by atoms with Gasteiger partial charge in [0.1, 0.15) is 9.54 Å². The van der Waals surface area contributed by atoms with Gasteiger partial charge in [-0.15, -0.1) is 11.3 Å². The van der Waals surface area contributed by atoms with Crippen molar-refractivity contribution in [1.29, 1.82) is 0 Å². The normalized spacial score (nSPS) is 12.8. The first-order valence-corrected chi connectivity index (χ1v) is 6.77. The molecule has 1 aromatic rings. The maximum Gasteiger partial charge on any atom is 0.144 e. The quantitative estimate of drug-likeness (QED) is 0.731. The molecular weight excluding hydrogens is 260 g/mol. The summed E-state index contributed by atoms with van der Waals surface area (Å²) in [6.45, 7) is 5.30. The minimum Gasteiger partial charge on any atom is -0.491 e. The third-order valence-electron chi connectivity index (χ3n) is 2.16. The molecule has 0 aliphatic heterocycles. The van der Waals surface area contributed by atoms with Crippen molar-refractivity contribution in [3.8, 4) is 5.75 Å². The molecule has 1 nitrogen and oxygen atoms in total. The van der Waals surface area contributed by atoms with E-state index in [1.54, 1.807) is 11.3 Å². The Morgan fingerprint density at radius 3 is 2.93 bits per heavy atom. The van der Waals surface area contributed by atoms with Gasteiger partial charge >= 0.3 is 0 Å². The van der Waals surface area contributed by atoms with Crippen molar-refractivity contribution in [3.63, 3.8) is 0 Å². The van der Waals surface area contributed by atoms with Gasteiger partial charge in [-0.25, -0.2) is 0 Å². The summed E-state index contributed by atoms with van der Waals surface area (Å²) in [6.07, 6.45) is 3.83. The lowest BCUT2D eigenvalue weighted by atomic mass is 10.1. The maximum absolute atomic E-state index is 5.70. The lowest BCUT2D eigenvalue weighted by molar-refractivity contribution is 0.249. The minimum atomic E-state index is 0.654. The van der Waals surface area contributed by atoms with Crippen molar-refractivity contribution in [1.82, 2.24) is 0 Å². The second-order valence-electron chi connectivity index (χ2n) is 3.62. The summed E-state index contributed by atoms with van der Waals surface area (Å²) >= 11 is 5.13. The van der Waals surface area contributed by atoms with E-state index in [0.29, 0.717) is 5.92 Å². The van der Waals surface area contributed by atoms with E-state index in [4.69, 9.17) is 4.74 Å². The zero-order chi connectivity index (χ0) is 10.4. The molecular formula is C11H17BrOS. The van der Waals surface area contributed by atoms with E-state index in [1.165, 1.54) is 19.3 Å². The number of hydrogen-bond acceptors (Lipinski definition) is 2. The topological polar surface area (TPSA) is 9.23 Å². The number of hydrogen-bond donors (Lipinski definition) is 0. The Labute approximate surface area is 98.6 Å². The van der Waals surface area contributed by atoms with E-state index >= 15 is 0 Å². The molecule has 0 fully saturated rings. The predicted octanol–water partition coefficient (Wildman–Crippen LogP) is 4.72. The summed E-state index contributed by atoms with van der Waals surface area (Å²) in [5.41, 5.74) is 0. The van der Waals surface area contributed by atoms with E-state index in [9.17, 15) is 0 Å². The summed E-state index contributed by atoms with van der Waals surface area (Å²) in [4.78, 5) is 0. The first-order chi connectivity index (χ1) is 6.74. The van der Waals surface area contributed by atoms with Crippen LogP contribution in [-0.4, -0.2) is 6.61 Å². The van der Waals surface area contributed by atoms with Crippen LogP contribution in [0.3, 0.4) is 0 Å². The molecule has 14 heavy (non-hydrogen) atoms. The van der Waals surface area contributed by atoms with Crippen molar-refractivity contribution >= 4 is 27.3 Å². The molecule has 0 N–H and O–H groups in total. The van der Waals surface area contributed by atoms with Gasteiger partial charge in [0.15, 0.2) is 0 Å². The molecule has 0 aliphatic carbocycles. The van der Waals surface area contributed by atoms with E-state index in [0.717, 1.165) is 16.1 Å². The van der Waals surface area contributed by atoms with Gasteiger partial charge in [-0.1, -0.05) is 26.7 Å². The van der Waals surface area contributed by atoms with Gasteiger partial charge in [-0.3, -0.25) is 0 Å². The van der Waals surface area contributed by atoms with Crippen molar-refractivity contribution in [2.75, 3.05) is 6.61 Å². The van der Waals surface area contributed by atoms with Crippen LogP contribution in [0, 0.1) is 5.92 Å². The standard InChI is InChI=1S/C11H17BrOS/c1-3-4-5-9(2)8-13-10-6-7-14-11(10)12/h6-7,9H,3-5,8H2,1-2H3. The first-order valence-electron chi connectivity index (χ1n) is 5.09. The van der Waals surface area contributed by atoms with Gasteiger partial charge in [0.25, 0.3) is 0 Å². The molecule has 0 bridgehead atoms. The molecule has 1 atom stereocenters. The molecule has 1 aromatic heterocycles. The highest BCUT2D eigenvalue weighted by Crippen LogP contribution is 2.30. The zero-order valence-electron chi connectivity index (χ0n) is 8.75. The van der Waals surface area contributed by atoms with Crippen molar-refractivity contribution in [3.05, 3.63) is 15.2 Å². The lowest BCUT2D eigenvalue weighted by Crippen LogP contribution is -2.08. The SMILES string of the molecule is CCCCC(C)COc1ccsc1Br. The summed E-state index contributed by atoms with van der Waals surface area (Å²) in [7, 11) is 0. The second-order valence-corrected chi connectivity index (χ2v) is 5.85. The fourth-order valence-corrected chi connectivity index (χ4v) is 2.38. The van der Waals surface area contributed by atoms with Crippen molar-refractivity contribution in [2.24, 2.45) is 5.92 Å². The number of thiophene rings is 1. The Morgan fingerprint density at radius 1 is 1.57 bits per heavy atom. The third-order valence-corrected chi connectivity index (χ3v) is 3.79. The van der Waals surface area contributed by atoms with Crippen LogP contribution < -0.4 is 4.74 Å². The number of ether oxygens (including phenoxy) is 1. The van der Waals surface area contributed by atoms with Crippen LogP contribution in [0.25, 0.3) is 0 Å². The molecule has 1 rings (SSSR count). The largest absolute Gasteiger partial charge is 0.491 e. The molecule has 0 aromatic carbocycles. The second kappa shape index (κ2) is 6.46. The molecule has 0 saturated heterocycles. The summed E-state index contributed by atoms with van der Waals surface area (Å²) in [5.74, 6) is 1.64. The number of halogens is 1. The molecule has 1 heterocycles. The number of rotatable bonds is 6. The van der Waals surface area contributed by atoms with Gasteiger partial charge in [-0.2, -0.15) is 0 Å². The van der Waals surface area contributed by atoms with Gasteiger partial charge in [-0.05, 0) is 39.7 Å². The van der Waals surface area contributed by atoms with Crippen LogP contribution in [0.2, 0.25) is 0 Å². The number of unbranched alkanes of at least 4 members (excludes halogenated alkanes) is 1. The van der Waals surface area contributed by atoms with E-state index in [1.807, 2.05) is 11.4 Å². The maximum atomic E-state index is 5.70. The van der Waals surface area contributed by atoms with Gasteiger partial charge in [0, 0.05) is 0 Å². The monoisotopic (exact) mass is 276 g/mol. The third kappa shape index (κ3) is 4.01. The predicted molar refractivity (Wildman–Crippen MR) is 66.2 cm³/mol. The van der Waals surface area contributed by atoms with Crippen molar-refractivity contribution < 1.29 is 4.74 Å². The molecule has 0 aliphatic rings. The Hall–Kier alpha value is -0.0200. The molecule has 0 amide bonds. The minimum absolute atomic E-state index is 0.654. The summed E-state index contributed by atoms with van der Waals surface area (Å²) in [6, 6.07) is 2.02. The van der Waals surface area contributed by atoms with Gasteiger partial charge < -0.3 is 4.74 Å². The lowest BCUT2D eigenvalue weighted by Gasteiger charge is -2.11. The van der Waals surface area contributed by atoms with Crippen LogP contribution >= 0.6 is 27.3 Å². The molecule has 0 saturated carbocycles. The molecule has 0 radical (unpaired) electrons. The Morgan fingerprint density at radius 2 is 2.36 bits per heavy atom. The van der Waals surface area contributed by atoms with E-state index in [-0.39, 0.29) is 0 Å². The summed E-state index contributed by atoms with van der Waals surface area (Å²) in [5, 5.41) is 2.04. The zero-order valence-corrected chi connectivity index (χ0v) is 11.2. The van der Waals surface area contributed by atoms with Gasteiger partial charge in [0.05, 0.1) is 6.61 Å². The van der Waals surface area contributed by atoms with Crippen LogP contribution in [0.4, 0.5) is 0 Å². The average Bonchev–Trinajstić information content (AvgIpc) is 2.58. The Bertz CT molecular complexity index is 260.